The Labute approximate surface area is 57.0 Å². The molecule has 0 aliphatic carbocycles. The van der Waals surface area contributed by atoms with Crippen LogP contribution in [0.15, 0.2) is 0 Å². The molecular formula is C5H10LiN. The van der Waals surface area contributed by atoms with E-state index < -0.39 is 0 Å². The molecule has 0 atom stereocenters. The van der Waals surface area contributed by atoms with Gasteiger partial charge in [0, 0.05) is 0 Å². The standard InChI is InChI=1S/C5H10N.Li/c1-2-4-6-5-3-1;/h4,6H,1-3,5H2;/q-1;+1. The van der Waals surface area contributed by atoms with Crippen LogP contribution in [0.2, 0.25) is 0 Å². The summed E-state index contributed by atoms with van der Waals surface area (Å²) in [4.78, 5) is 0. The van der Waals surface area contributed by atoms with Crippen LogP contribution in [-0.2, 0) is 0 Å². The second kappa shape index (κ2) is 4.71. The summed E-state index contributed by atoms with van der Waals surface area (Å²) in [6.45, 7) is 3.34. The molecule has 7 heavy (non-hydrogen) atoms. The van der Waals surface area contributed by atoms with Gasteiger partial charge in [-0.2, -0.15) is 6.42 Å². The van der Waals surface area contributed by atoms with Gasteiger partial charge in [0.2, 0.25) is 0 Å². The van der Waals surface area contributed by atoms with E-state index in [-0.39, 0.29) is 18.9 Å². The van der Waals surface area contributed by atoms with Gasteiger partial charge < -0.3 is 5.32 Å². The first-order valence-corrected chi connectivity index (χ1v) is 2.55. The molecule has 0 aromatic heterocycles. The fourth-order valence-corrected chi connectivity index (χ4v) is 0.678. The van der Waals surface area contributed by atoms with Crippen LogP contribution in [0.1, 0.15) is 19.3 Å². The van der Waals surface area contributed by atoms with Crippen molar-refractivity contribution in [2.24, 2.45) is 0 Å². The maximum absolute atomic E-state index is 3.16. The van der Waals surface area contributed by atoms with Gasteiger partial charge in [0.1, 0.15) is 0 Å². The summed E-state index contributed by atoms with van der Waals surface area (Å²) >= 11 is 0. The zero-order chi connectivity index (χ0) is 4.24. The predicted octanol–water partition coefficient (Wildman–Crippen LogP) is -2.07. The molecule has 1 aliphatic rings. The molecule has 1 N–H and O–H groups in total. The minimum atomic E-state index is 0. The molecule has 0 unspecified atom stereocenters. The number of piperidine rings is 1. The maximum Gasteiger partial charge on any atom is 1.00 e. The normalized spacial score (nSPS) is 20.6. The molecule has 0 amide bonds. The van der Waals surface area contributed by atoms with Crippen LogP contribution < -0.4 is 24.2 Å². The third kappa shape index (κ3) is 3.17. The topological polar surface area (TPSA) is 12.0 Å². The Kier molecular flexibility index (Phi) is 5.08. The maximum atomic E-state index is 3.16. The van der Waals surface area contributed by atoms with E-state index in [1.54, 1.807) is 0 Å². The Morgan fingerprint density at radius 1 is 1.29 bits per heavy atom. The van der Waals surface area contributed by atoms with Gasteiger partial charge in [-0.1, -0.05) is 6.42 Å². The van der Waals surface area contributed by atoms with Gasteiger partial charge in [0.15, 0.2) is 0 Å². The van der Waals surface area contributed by atoms with Crippen molar-refractivity contribution in [1.82, 2.24) is 5.32 Å². The van der Waals surface area contributed by atoms with Gasteiger partial charge in [-0.25, -0.2) is 0 Å². The summed E-state index contributed by atoms with van der Waals surface area (Å²) in [6.07, 6.45) is 4.00. The van der Waals surface area contributed by atoms with Gasteiger partial charge in [-0.15, -0.1) is 0 Å². The number of nitrogens with one attached hydrogen (secondary N) is 1. The Balaban J connectivity index is 0.000000360. The summed E-state index contributed by atoms with van der Waals surface area (Å²) in [5.41, 5.74) is 0. The minimum absolute atomic E-state index is 0. The first-order chi connectivity index (χ1) is 3.00. The third-order valence-electron chi connectivity index (χ3n) is 1.06. The number of hydrogen-bond donors (Lipinski definition) is 1. The molecule has 1 nitrogen and oxygen atoms in total. The fraction of sp³-hybridized carbons (Fsp3) is 0.800. The second-order valence-electron chi connectivity index (χ2n) is 1.65. The summed E-state index contributed by atoms with van der Waals surface area (Å²) in [5.74, 6) is 0. The van der Waals surface area contributed by atoms with Crippen LogP contribution in [-0.4, -0.2) is 6.54 Å². The van der Waals surface area contributed by atoms with Crippen molar-refractivity contribution in [3.05, 3.63) is 6.54 Å². The zero-order valence-electron chi connectivity index (χ0n) is 4.91. The van der Waals surface area contributed by atoms with E-state index in [1.165, 1.54) is 25.8 Å². The Hall–Kier alpha value is 0.557. The largest absolute Gasteiger partial charge is 1.00 e. The average Bonchev–Trinajstić information content (AvgIpc) is 1.72. The van der Waals surface area contributed by atoms with E-state index >= 15 is 0 Å². The molecule has 1 saturated heterocycles. The molecule has 1 aliphatic heterocycles. The molecule has 0 bridgehead atoms. The molecular weight excluding hydrogens is 81.0 g/mol. The minimum Gasteiger partial charge on any atom is -0.470 e. The van der Waals surface area contributed by atoms with Crippen molar-refractivity contribution >= 4 is 0 Å². The molecule has 1 fully saturated rings. The molecule has 0 spiro atoms. The van der Waals surface area contributed by atoms with E-state index in [1.807, 2.05) is 0 Å². The van der Waals surface area contributed by atoms with Gasteiger partial charge in [0.05, 0.1) is 0 Å². The van der Waals surface area contributed by atoms with Gasteiger partial charge >= 0.3 is 18.9 Å². The molecule has 0 aromatic carbocycles. The van der Waals surface area contributed by atoms with E-state index in [0.717, 1.165) is 0 Å². The Bertz CT molecular complexity index is 23.6. The van der Waals surface area contributed by atoms with Crippen LogP contribution in [0.5, 0.6) is 0 Å². The smallest absolute Gasteiger partial charge is 0.470 e. The van der Waals surface area contributed by atoms with Crippen LogP contribution in [0.25, 0.3) is 0 Å². The molecule has 1 rings (SSSR count). The van der Waals surface area contributed by atoms with Crippen LogP contribution in [0.4, 0.5) is 0 Å². The van der Waals surface area contributed by atoms with Crippen molar-refractivity contribution in [1.29, 1.82) is 0 Å². The van der Waals surface area contributed by atoms with E-state index in [9.17, 15) is 0 Å². The van der Waals surface area contributed by atoms with Crippen molar-refractivity contribution in [3.63, 3.8) is 0 Å². The van der Waals surface area contributed by atoms with Crippen LogP contribution in [0, 0.1) is 6.54 Å². The van der Waals surface area contributed by atoms with Gasteiger partial charge in [0.25, 0.3) is 0 Å². The zero-order valence-corrected chi connectivity index (χ0v) is 4.91. The monoisotopic (exact) mass is 91.1 g/mol. The molecule has 0 saturated carbocycles. The van der Waals surface area contributed by atoms with Crippen molar-refractivity contribution in [2.75, 3.05) is 6.54 Å². The van der Waals surface area contributed by atoms with Crippen molar-refractivity contribution < 1.29 is 18.9 Å². The summed E-state index contributed by atoms with van der Waals surface area (Å²) in [7, 11) is 0. The quantitative estimate of drug-likeness (QED) is 0.266. The van der Waals surface area contributed by atoms with E-state index in [0.29, 0.717) is 0 Å². The number of hydrogen-bond acceptors (Lipinski definition) is 1. The van der Waals surface area contributed by atoms with Crippen LogP contribution >= 0.6 is 0 Å². The Morgan fingerprint density at radius 2 is 2.14 bits per heavy atom. The molecule has 1 heterocycles. The third-order valence-corrected chi connectivity index (χ3v) is 1.06. The Morgan fingerprint density at radius 3 is 2.29 bits per heavy atom. The molecule has 2 heteroatoms. The van der Waals surface area contributed by atoms with Gasteiger partial charge in [-0.3, -0.25) is 6.54 Å². The SMILES string of the molecule is [CH-]1CCCCN1.[Li+]. The molecule has 36 valence electrons. The van der Waals surface area contributed by atoms with Crippen molar-refractivity contribution in [3.8, 4) is 0 Å². The molecule has 0 radical (unpaired) electrons. The predicted molar refractivity (Wildman–Crippen MR) is 26.2 cm³/mol. The second-order valence-corrected chi connectivity index (χ2v) is 1.65. The average molecular weight is 91.1 g/mol. The molecule has 0 aromatic rings. The van der Waals surface area contributed by atoms with Gasteiger partial charge in [-0.05, 0) is 13.0 Å². The van der Waals surface area contributed by atoms with E-state index in [4.69, 9.17) is 0 Å². The van der Waals surface area contributed by atoms with Crippen molar-refractivity contribution in [2.45, 2.75) is 19.3 Å². The fourth-order valence-electron chi connectivity index (χ4n) is 0.678. The van der Waals surface area contributed by atoms with Crippen LogP contribution in [0.3, 0.4) is 0 Å². The first kappa shape index (κ1) is 7.56. The summed E-state index contributed by atoms with van der Waals surface area (Å²) in [6, 6.07) is 0. The number of rotatable bonds is 0. The van der Waals surface area contributed by atoms with E-state index in [2.05, 4.69) is 11.9 Å². The first-order valence-electron chi connectivity index (χ1n) is 2.55. The summed E-state index contributed by atoms with van der Waals surface area (Å²) in [5, 5.41) is 3.16. The summed E-state index contributed by atoms with van der Waals surface area (Å²) < 4.78 is 0.